The first-order chi connectivity index (χ1) is 17.4. The van der Waals surface area contributed by atoms with Gasteiger partial charge in [-0.25, -0.2) is 0 Å². The van der Waals surface area contributed by atoms with Gasteiger partial charge in [-0.2, -0.15) is 13.1 Å². The van der Waals surface area contributed by atoms with Crippen molar-refractivity contribution >= 4 is 25.7 Å². The first kappa shape index (κ1) is 29.3. The van der Waals surface area contributed by atoms with E-state index in [0.717, 1.165) is 5.56 Å². The Morgan fingerprint density at radius 3 is 2.08 bits per heavy atom. The average Bonchev–Trinajstić information content (AvgIpc) is 3.01. The molecule has 0 aromatic heterocycles. The summed E-state index contributed by atoms with van der Waals surface area (Å²) in [6.45, 7) is 19.5. The fourth-order valence-electron chi connectivity index (χ4n) is 4.93. The molecule has 2 aromatic rings. The predicted octanol–water partition coefficient (Wildman–Crippen LogP) is 6.03. The lowest BCUT2D eigenvalue weighted by molar-refractivity contribution is 0.00578. The monoisotopic (exact) mass is 559 g/mol. The lowest BCUT2D eigenvalue weighted by atomic mass is 9.55. The molecule has 1 N–H and O–H groups in total. The number of nitrogens with one attached hydrogen (secondary N) is 1. The summed E-state index contributed by atoms with van der Waals surface area (Å²) in [5, 5.41) is 0.0385. The summed E-state index contributed by atoms with van der Waals surface area (Å²) in [5.74, 6) is -0.183. The molecule has 10 heteroatoms. The molecule has 0 aliphatic carbocycles. The second-order valence-electron chi connectivity index (χ2n) is 12.9. The average molecular weight is 560 g/mol. The van der Waals surface area contributed by atoms with Gasteiger partial charge in [0, 0.05) is 18.0 Å². The maximum atomic E-state index is 13.3. The van der Waals surface area contributed by atoms with E-state index in [2.05, 4.69) is 38.6 Å². The molecule has 0 spiro atoms. The van der Waals surface area contributed by atoms with Gasteiger partial charge in [0.05, 0.1) is 16.7 Å². The van der Waals surface area contributed by atoms with Gasteiger partial charge in [-0.05, 0) is 63.9 Å². The lowest BCUT2D eigenvalue weighted by Gasteiger charge is -2.45. The van der Waals surface area contributed by atoms with Crippen molar-refractivity contribution in [2.45, 2.75) is 95.6 Å². The van der Waals surface area contributed by atoms with Crippen LogP contribution in [0.4, 0.5) is 0 Å². The quantitative estimate of drug-likeness (QED) is 0.417. The molecule has 208 valence electrons. The molecular formula is C28H42BNO6SSi. The molecule has 2 aromatic carbocycles. The molecule has 1 unspecified atom stereocenters. The SMILES string of the molecule is CC1(C)OB([C@H](CCO[Si](C)(C)C(C)(C)C)C2(c3ccccc3)NS(=O)(=O)Oc3ccccc32)OC1(C)C. The molecule has 0 radical (unpaired) electrons. The summed E-state index contributed by atoms with van der Waals surface area (Å²) in [6, 6.07) is 16.9. The maximum Gasteiger partial charge on any atom is 0.463 e. The summed E-state index contributed by atoms with van der Waals surface area (Å²) < 4.78 is 54.8. The second kappa shape index (κ2) is 9.75. The van der Waals surface area contributed by atoms with Crippen LogP contribution in [0.25, 0.3) is 0 Å². The van der Waals surface area contributed by atoms with Crippen LogP contribution in [-0.2, 0) is 29.6 Å². The highest BCUT2D eigenvalue weighted by atomic mass is 32.2. The van der Waals surface area contributed by atoms with Gasteiger partial charge in [0.1, 0.15) is 5.75 Å². The standard InChI is InChI=1S/C28H42BNO6SSi/c1-25(2,3)38(8,9)33-20-19-24(29-35-26(4,5)27(6,7)36-29)28(21-15-11-10-12-16-21)22-17-13-14-18-23(22)34-37(31,32)30-28/h10-18,24,30H,19-20H2,1-9H3/t24-,28?/m1/s1. The number of rotatable bonds is 7. The Morgan fingerprint density at radius 1 is 0.947 bits per heavy atom. The zero-order chi connectivity index (χ0) is 28.2. The molecular weight excluding hydrogens is 517 g/mol. The molecule has 1 saturated heterocycles. The molecule has 1 fully saturated rings. The minimum Gasteiger partial charge on any atom is -0.417 e. The molecule has 2 atom stereocenters. The molecule has 2 aliphatic heterocycles. The highest BCUT2D eigenvalue weighted by Gasteiger charge is 2.61. The Hall–Kier alpha value is -1.69. The fourth-order valence-corrected chi connectivity index (χ4v) is 7.19. The van der Waals surface area contributed by atoms with Crippen LogP contribution in [0.5, 0.6) is 5.75 Å². The van der Waals surface area contributed by atoms with E-state index in [-0.39, 0.29) is 5.04 Å². The Balaban J connectivity index is 1.90. The minimum absolute atomic E-state index is 0.0385. The van der Waals surface area contributed by atoms with E-state index in [9.17, 15) is 8.42 Å². The van der Waals surface area contributed by atoms with Crippen molar-refractivity contribution in [2.24, 2.45) is 0 Å². The number of fused-ring (bicyclic) bond motifs is 1. The fraction of sp³-hybridized carbons (Fsp3) is 0.571. The van der Waals surface area contributed by atoms with Gasteiger partial charge in [0.2, 0.25) is 0 Å². The maximum absolute atomic E-state index is 13.3. The summed E-state index contributed by atoms with van der Waals surface area (Å²) in [5.41, 5.74) is -0.915. The van der Waals surface area contributed by atoms with E-state index in [1.54, 1.807) is 12.1 Å². The van der Waals surface area contributed by atoms with Crippen LogP contribution < -0.4 is 8.91 Å². The molecule has 0 saturated carbocycles. The third-order valence-corrected chi connectivity index (χ3v) is 14.4. The van der Waals surface area contributed by atoms with Crippen molar-refractivity contribution in [3.8, 4) is 5.75 Å². The van der Waals surface area contributed by atoms with E-state index in [4.69, 9.17) is 17.9 Å². The number of hydrogen-bond acceptors (Lipinski definition) is 6. The van der Waals surface area contributed by atoms with Crippen LogP contribution in [0, 0.1) is 0 Å². The van der Waals surface area contributed by atoms with Crippen molar-refractivity contribution in [3.05, 3.63) is 65.7 Å². The zero-order valence-electron chi connectivity index (χ0n) is 24.1. The van der Waals surface area contributed by atoms with Gasteiger partial charge in [-0.15, -0.1) is 0 Å². The van der Waals surface area contributed by atoms with Gasteiger partial charge in [-0.1, -0.05) is 69.3 Å². The van der Waals surface area contributed by atoms with Crippen LogP contribution in [0.2, 0.25) is 23.9 Å². The highest BCUT2D eigenvalue weighted by Crippen LogP contribution is 2.53. The number of para-hydroxylation sites is 1. The van der Waals surface area contributed by atoms with Gasteiger partial charge in [-0.3, -0.25) is 0 Å². The van der Waals surface area contributed by atoms with E-state index in [0.29, 0.717) is 24.3 Å². The number of benzene rings is 2. The van der Waals surface area contributed by atoms with E-state index >= 15 is 0 Å². The smallest absolute Gasteiger partial charge is 0.417 e. The van der Waals surface area contributed by atoms with Crippen molar-refractivity contribution < 1.29 is 26.3 Å². The normalized spacial score (nSPS) is 24.9. The van der Waals surface area contributed by atoms with Crippen LogP contribution in [-0.4, -0.2) is 41.7 Å². The lowest BCUT2D eigenvalue weighted by Crippen LogP contribution is -2.57. The summed E-state index contributed by atoms with van der Waals surface area (Å²) >= 11 is 0. The molecule has 7 nitrogen and oxygen atoms in total. The van der Waals surface area contributed by atoms with E-state index in [1.165, 1.54) is 0 Å². The zero-order valence-corrected chi connectivity index (χ0v) is 25.9. The van der Waals surface area contributed by atoms with Crippen LogP contribution in [0.15, 0.2) is 54.6 Å². The van der Waals surface area contributed by atoms with E-state index < -0.39 is 48.3 Å². The highest BCUT2D eigenvalue weighted by molar-refractivity contribution is 7.85. The molecule has 0 bridgehead atoms. The van der Waals surface area contributed by atoms with E-state index in [1.807, 2.05) is 70.2 Å². The molecule has 0 amide bonds. The second-order valence-corrected chi connectivity index (χ2v) is 19.0. The Morgan fingerprint density at radius 2 is 1.50 bits per heavy atom. The van der Waals surface area contributed by atoms with Crippen molar-refractivity contribution in [1.29, 1.82) is 0 Å². The predicted molar refractivity (Wildman–Crippen MR) is 154 cm³/mol. The molecule has 38 heavy (non-hydrogen) atoms. The third kappa shape index (κ3) is 5.23. The van der Waals surface area contributed by atoms with Crippen molar-refractivity contribution in [2.75, 3.05) is 6.61 Å². The Labute approximate surface area is 230 Å². The van der Waals surface area contributed by atoms with Gasteiger partial charge < -0.3 is 17.9 Å². The number of hydrogen-bond donors (Lipinski definition) is 1. The van der Waals surface area contributed by atoms with Crippen LogP contribution >= 0.6 is 0 Å². The first-order valence-electron chi connectivity index (χ1n) is 13.3. The van der Waals surface area contributed by atoms with Gasteiger partial charge >= 0.3 is 17.4 Å². The largest absolute Gasteiger partial charge is 0.463 e. The summed E-state index contributed by atoms with van der Waals surface area (Å²) in [6.07, 6.45) is 0.495. The van der Waals surface area contributed by atoms with Crippen LogP contribution in [0.3, 0.4) is 0 Å². The van der Waals surface area contributed by atoms with Crippen molar-refractivity contribution in [1.82, 2.24) is 4.72 Å². The minimum atomic E-state index is -4.15. The first-order valence-corrected chi connectivity index (χ1v) is 17.6. The summed E-state index contributed by atoms with van der Waals surface area (Å²) in [7, 11) is -6.93. The van der Waals surface area contributed by atoms with Crippen LogP contribution in [0.1, 0.15) is 66.0 Å². The molecule has 2 heterocycles. The third-order valence-electron chi connectivity index (χ3n) is 8.88. The molecule has 4 rings (SSSR count). The van der Waals surface area contributed by atoms with Crippen molar-refractivity contribution in [3.63, 3.8) is 0 Å². The Bertz CT molecular complexity index is 1250. The van der Waals surface area contributed by atoms with Gasteiger partial charge in [0.25, 0.3) is 0 Å². The summed E-state index contributed by atoms with van der Waals surface area (Å²) in [4.78, 5) is 0. The Kier molecular flexibility index (Phi) is 7.51. The van der Waals surface area contributed by atoms with Gasteiger partial charge in [0.15, 0.2) is 8.32 Å². The molecule has 2 aliphatic rings. The topological polar surface area (TPSA) is 83.1 Å².